The second-order valence-corrected chi connectivity index (χ2v) is 6.85. The first-order chi connectivity index (χ1) is 13.2. The number of nitrogens with one attached hydrogen (secondary N) is 1. The molecule has 146 valence electrons. The van der Waals surface area contributed by atoms with Gasteiger partial charge in [-0.2, -0.15) is 0 Å². The molecule has 4 rings (SSSR count). The van der Waals surface area contributed by atoms with Crippen molar-refractivity contribution in [1.82, 2.24) is 10.2 Å². The molecule has 2 heterocycles. The zero-order chi connectivity index (χ0) is 18.6. The van der Waals surface area contributed by atoms with Crippen molar-refractivity contribution in [3.05, 3.63) is 65.2 Å². The predicted molar refractivity (Wildman–Crippen MR) is 112 cm³/mol. The normalized spacial score (nSPS) is 17.8. The van der Waals surface area contributed by atoms with Gasteiger partial charge in [-0.1, -0.05) is 30.3 Å². The van der Waals surface area contributed by atoms with Crippen molar-refractivity contribution in [2.45, 2.75) is 12.8 Å². The van der Waals surface area contributed by atoms with Gasteiger partial charge in [0.25, 0.3) is 11.8 Å². The lowest BCUT2D eigenvalue weighted by Gasteiger charge is -2.18. The van der Waals surface area contributed by atoms with E-state index < -0.39 is 0 Å². The number of halogens is 1. The summed E-state index contributed by atoms with van der Waals surface area (Å²) in [6.07, 6.45) is 4.37. The molecule has 6 heteroatoms. The van der Waals surface area contributed by atoms with E-state index >= 15 is 0 Å². The van der Waals surface area contributed by atoms with E-state index in [1.54, 1.807) is 24.3 Å². The van der Waals surface area contributed by atoms with Gasteiger partial charge < -0.3 is 4.74 Å². The Labute approximate surface area is 170 Å². The van der Waals surface area contributed by atoms with Crippen LogP contribution in [0, 0.1) is 0 Å². The van der Waals surface area contributed by atoms with E-state index in [0.717, 1.165) is 17.9 Å². The zero-order valence-corrected chi connectivity index (χ0v) is 16.3. The molecule has 1 saturated heterocycles. The number of fused-ring (bicyclic) bond motifs is 1. The van der Waals surface area contributed by atoms with Crippen molar-refractivity contribution in [1.29, 1.82) is 0 Å². The summed E-state index contributed by atoms with van der Waals surface area (Å²) in [5.74, 6) is 0.0964. The van der Waals surface area contributed by atoms with Crippen LogP contribution in [-0.2, 0) is 4.79 Å². The molecule has 0 bridgehead atoms. The molecule has 2 aliphatic heterocycles. The maximum absolute atomic E-state index is 12.3. The molecule has 2 amide bonds. The molecule has 2 aliphatic rings. The van der Waals surface area contributed by atoms with Gasteiger partial charge in [0.1, 0.15) is 12.4 Å². The Morgan fingerprint density at radius 3 is 2.32 bits per heavy atom. The number of amides is 2. The highest BCUT2D eigenvalue weighted by atomic mass is 35.5. The van der Waals surface area contributed by atoms with Gasteiger partial charge in [0, 0.05) is 17.7 Å². The lowest BCUT2D eigenvalue weighted by atomic mass is 9.93. The second kappa shape index (κ2) is 9.04. The summed E-state index contributed by atoms with van der Waals surface area (Å²) in [6, 6.07) is 14.8. The Morgan fingerprint density at radius 1 is 0.929 bits per heavy atom. The van der Waals surface area contributed by atoms with Crippen molar-refractivity contribution in [2.24, 2.45) is 0 Å². The maximum atomic E-state index is 12.3. The third-order valence-corrected chi connectivity index (χ3v) is 5.00. The van der Waals surface area contributed by atoms with Gasteiger partial charge in [-0.25, -0.2) is 0 Å². The van der Waals surface area contributed by atoms with E-state index in [1.807, 2.05) is 30.3 Å². The van der Waals surface area contributed by atoms with Crippen molar-refractivity contribution in [2.75, 3.05) is 26.2 Å². The topological polar surface area (TPSA) is 58.6 Å². The van der Waals surface area contributed by atoms with Crippen LogP contribution >= 0.6 is 12.4 Å². The zero-order valence-electron chi connectivity index (χ0n) is 15.5. The fourth-order valence-electron chi connectivity index (χ4n) is 3.55. The number of imide groups is 1. The van der Waals surface area contributed by atoms with Gasteiger partial charge in [-0.05, 0) is 61.3 Å². The van der Waals surface area contributed by atoms with E-state index in [-0.39, 0.29) is 24.2 Å². The number of carbonyl (C=O) groups is 2. The Hall–Kier alpha value is -2.63. The highest BCUT2D eigenvalue weighted by Gasteiger charge is 2.26. The van der Waals surface area contributed by atoms with Crippen molar-refractivity contribution in [3.63, 3.8) is 0 Å². The average molecular weight is 399 g/mol. The minimum atomic E-state index is -0.371. The molecule has 0 spiro atoms. The molecular formula is C22H23ClN2O3. The fourth-order valence-corrected chi connectivity index (χ4v) is 3.55. The molecule has 0 aromatic heterocycles. The highest BCUT2D eigenvalue weighted by Crippen LogP contribution is 2.26. The summed E-state index contributed by atoms with van der Waals surface area (Å²) in [7, 11) is 0. The van der Waals surface area contributed by atoms with E-state index in [4.69, 9.17) is 4.74 Å². The van der Waals surface area contributed by atoms with Crippen molar-refractivity contribution >= 4 is 35.9 Å². The first-order valence-electron chi connectivity index (χ1n) is 9.33. The first-order valence-corrected chi connectivity index (χ1v) is 9.33. The minimum absolute atomic E-state index is 0. The number of carbonyl (C=O) groups excluding carboxylic acids is 2. The molecule has 2 aromatic carbocycles. The predicted octanol–water partition coefficient (Wildman–Crippen LogP) is 3.39. The van der Waals surface area contributed by atoms with Crippen molar-refractivity contribution < 1.29 is 14.3 Å². The smallest absolute Gasteiger partial charge is 0.258 e. The van der Waals surface area contributed by atoms with E-state index in [1.165, 1.54) is 25.9 Å². The molecule has 0 aliphatic carbocycles. The van der Waals surface area contributed by atoms with Gasteiger partial charge in [0.15, 0.2) is 0 Å². The number of hydrogen-bond acceptors (Lipinski definition) is 4. The van der Waals surface area contributed by atoms with Crippen LogP contribution in [0.2, 0.25) is 0 Å². The minimum Gasteiger partial charge on any atom is -0.492 e. The van der Waals surface area contributed by atoms with Crippen LogP contribution in [0.1, 0.15) is 34.3 Å². The van der Waals surface area contributed by atoms with Crippen LogP contribution in [0.5, 0.6) is 5.75 Å². The van der Waals surface area contributed by atoms with Gasteiger partial charge in [-0.15, -0.1) is 12.4 Å². The molecule has 0 unspecified atom stereocenters. The quantitative estimate of drug-likeness (QED) is 0.619. The summed E-state index contributed by atoms with van der Waals surface area (Å²) in [5.41, 5.74) is 2.56. The molecule has 5 nitrogen and oxygen atoms in total. The number of benzene rings is 2. The van der Waals surface area contributed by atoms with Gasteiger partial charge in [0.05, 0.1) is 0 Å². The summed E-state index contributed by atoms with van der Waals surface area (Å²) in [6.45, 7) is 3.97. The van der Waals surface area contributed by atoms with Crippen LogP contribution in [0.15, 0.2) is 48.5 Å². The van der Waals surface area contributed by atoms with E-state index in [2.05, 4.69) is 10.2 Å². The van der Waals surface area contributed by atoms with Gasteiger partial charge >= 0.3 is 0 Å². The molecule has 1 N–H and O–H groups in total. The molecule has 1 fully saturated rings. The van der Waals surface area contributed by atoms with E-state index in [0.29, 0.717) is 23.3 Å². The molecule has 2 aromatic rings. The number of hydrogen-bond donors (Lipinski definition) is 1. The summed E-state index contributed by atoms with van der Waals surface area (Å²) in [5, 5.41) is 2.40. The molecule has 0 saturated carbocycles. The summed E-state index contributed by atoms with van der Waals surface area (Å²) in [4.78, 5) is 26.6. The number of ether oxygens (including phenoxy) is 1. The average Bonchev–Trinajstić information content (AvgIpc) is 3.20. The Bertz CT molecular complexity index is 887. The highest BCUT2D eigenvalue weighted by molar-refractivity contribution is 6.33. The molecular weight excluding hydrogens is 376 g/mol. The van der Waals surface area contributed by atoms with Crippen LogP contribution in [0.4, 0.5) is 0 Å². The van der Waals surface area contributed by atoms with Crippen molar-refractivity contribution in [3.8, 4) is 5.75 Å². The van der Waals surface area contributed by atoms with E-state index in [9.17, 15) is 9.59 Å². The number of nitrogens with zero attached hydrogens (tertiary/aromatic N) is 1. The first kappa shape index (κ1) is 20.1. The van der Waals surface area contributed by atoms with Crippen LogP contribution < -0.4 is 10.1 Å². The third-order valence-electron chi connectivity index (χ3n) is 5.00. The maximum Gasteiger partial charge on any atom is 0.258 e. The lowest BCUT2D eigenvalue weighted by molar-refractivity contribution is -0.114. The standard InChI is InChI=1S/C22H22N2O3.ClH/c25-21-19-6-2-1-5-18(19)20(22(26)23-21)15-16-7-9-17(10-8-16)27-14-13-24-11-3-4-12-24;/h1-2,5-10,15H,3-4,11-14H2,(H,23,25,26);1H/b20-15-;. The monoisotopic (exact) mass is 398 g/mol. The Morgan fingerprint density at radius 2 is 1.61 bits per heavy atom. The molecule has 28 heavy (non-hydrogen) atoms. The summed E-state index contributed by atoms with van der Waals surface area (Å²) >= 11 is 0. The fraction of sp³-hybridized carbons (Fsp3) is 0.273. The second-order valence-electron chi connectivity index (χ2n) is 6.85. The number of likely N-dealkylation sites (tertiary alicyclic amines) is 1. The Balaban J connectivity index is 0.00000225. The number of rotatable bonds is 5. The third kappa shape index (κ3) is 4.43. The van der Waals surface area contributed by atoms with Gasteiger partial charge in [0.2, 0.25) is 0 Å². The van der Waals surface area contributed by atoms with Crippen LogP contribution in [0.25, 0.3) is 11.6 Å². The SMILES string of the molecule is Cl.O=C1NC(=O)c2ccccc2/C1=C/c1ccc(OCCN2CCCC2)cc1. The molecule has 0 atom stereocenters. The van der Waals surface area contributed by atoms with Gasteiger partial charge in [-0.3, -0.25) is 19.8 Å². The molecule has 0 radical (unpaired) electrons. The summed E-state index contributed by atoms with van der Waals surface area (Å²) < 4.78 is 5.82. The van der Waals surface area contributed by atoms with Crippen LogP contribution in [0.3, 0.4) is 0 Å². The van der Waals surface area contributed by atoms with Crippen LogP contribution in [-0.4, -0.2) is 43.0 Å². The largest absolute Gasteiger partial charge is 0.492 e. The Kier molecular flexibility index (Phi) is 6.49. The lowest BCUT2D eigenvalue weighted by Crippen LogP contribution is -2.36.